The summed E-state index contributed by atoms with van der Waals surface area (Å²) in [6.07, 6.45) is 0. The van der Waals surface area contributed by atoms with Gasteiger partial charge in [-0.3, -0.25) is 5.41 Å². The molecule has 3 N–H and O–H groups in total. The molecule has 15 heavy (non-hydrogen) atoms. The van der Waals surface area contributed by atoms with Crippen LogP contribution >= 0.6 is 0 Å². The maximum Gasteiger partial charge on any atom is 0.215 e. The molecule has 1 heterocycles. The third-order valence-corrected chi connectivity index (χ3v) is 2.42. The van der Waals surface area contributed by atoms with Crippen molar-refractivity contribution in [1.82, 2.24) is 9.13 Å². The van der Waals surface area contributed by atoms with Crippen molar-refractivity contribution in [3.63, 3.8) is 0 Å². The summed E-state index contributed by atoms with van der Waals surface area (Å²) in [6.45, 7) is 0. The quantitative estimate of drug-likeness (QED) is 0.469. The molecular formula is C10H13N5. The van der Waals surface area contributed by atoms with Gasteiger partial charge in [0, 0.05) is 14.1 Å². The second-order valence-corrected chi connectivity index (χ2v) is 3.40. The van der Waals surface area contributed by atoms with Crippen molar-refractivity contribution in [1.29, 1.82) is 5.41 Å². The average Bonchev–Trinajstić information content (AvgIpc) is 2.44. The first-order valence-electron chi connectivity index (χ1n) is 4.60. The third-order valence-electron chi connectivity index (χ3n) is 2.42. The van der Waals surface area contributed by atoms with Crippen molar-refractivity contribution in [3.8, 4) is 0 Å². The van der Waals surface area contributed by atoms with E-state index in [0.29, 0.717) is 5.62 Å². The summed E-state index contributed by atoms with van der Waals surface area (Å²) in [6, 6.07) is 7.96. The van der Waals surface area contributed by atoms with Gasteiger partial charge in [0.15, 0.2) is 0 Å². The monoisotopic (exact) mass is 203 g/mol. The van der Waals surface area contributed by atoms with Crippen LogP contribution in [0.3, 0.4) is 0 Å². The Balaban J connectivity index is 2.93. The van der Waals surface area contributed by atoms with Crippen LogP contribution in [0, 0.1) is 5.41 Å². The van der Waals surface area contributed by atoms with Gasteiger partial charge in [-0.15, -0.1) is 0 Å². The molecule has 2 aromatic rings. The molecule has 0 aliphatic carbocycles. The van der Waals surface area contributed by atoms with Gasteiger partial charge >= 0.3 is 0 Å². The Labute approximate surface area is 87.0 Å². The third kappa shape index (κ3) is 1.41. The van der Waals surface area contributed by atoms with Gasteiger partial charge in [0.25, 0.3) is 0 Å². The fourth-order valence-corrected chi connectivity index (χ4v) is 1.73. The molecule has 0 amide bonds. The van der Waals surface area contributed by atoms with Gasteiger partial charge in [-0.05, 0) is 12.1 Å². The average molecular weight is 203 g/mol. The number of hydrogen-bond donors (Lipinski definition) is 2. The van der Waals surface area contributed by atoms with Crippen molar-refractivity contribution in [2.75, 3.05) is 0 Å². The Morgan fingerprint density at radius 3 is 2.07 bits per heavy atom. The number of guanidine groups is 1. The van der Waals surface area contributed by atoms with E-state index in [-0.39, 0.29) is 5.96 Å². The standard InChI is InChI=1S/C10H13N5/c1-14-7-5-3-4-6-8(7)15(2)10(14)13-9(11)12/h3-6H,1-2H3,(H3,11,12). The molecule has 0 aliphatic rings. The molecule has 2 rings (SSSR count). The minimum absolute atomic E-state index is 0.184. The number of hydrogen-bond acceptors (Lipinski definition) is 1. The zero-order chi connectivity index (χ0) is 11.0. The van der Waals surface area contributed by atoms with Crippen LogP contribution in [0.25, 0.3) is 11.0 Å². The van der Waals surface area contributed by atoms with Gasteiger partial charge in [-0.1, -0.05) is 12.1 Å². The number of nitrogens with zero attached hydrogens (tertiary/aromatic N) is 3. The molecular weight excluding hydrogens is 190 g/mol. The lowest BCUT2D eigenvalue weighted by Crippen LogP contribution is -2.25. The Hall–Kier alpha value is -2.04. The highest BCUT2D eigenvalue weighted by atomic mass is 15.2. The Kier molecular flexibility index (Phi) is 2.07. The van der Waals surface area contributed by atoms with E-state index >= 15 is 0 Å². The highest BCUT2D eigenvalue weighted by Gasteiger charge is 2.04. The van der Waals surface area contributed by atoms with Crippen LogP contribution in [0.4, 0.5) is 0 Å². The second-order valence-electron chi connectivity index (χ2n) is 3.40. The maximum absolute atomic E-state index is 7.18. The second kappa shape index (κ2) is 3.27. The first-order valence-corrected chi connectivity index (χ1v) is 4.60. The Morgan fingerprint density at radius 2 is 1.67 bits per heavy atom. The molecule has 5 nitrogen and oxygen atoms in total. The highest BCUT2D eigenvalue weighted by Crippen LogP contribution is 2.09. The van der Waals surface area contributed by atoms with Crippen LogP contribution in [0.5, 0.6) is 0 Å². The number of rotatable bonds is 0. The van der Waals surface area contributed by atoms with Gasteiger partial charge < -0.3 is 14.9 Å². The number of para-hydroxylation sites is 2. The number of aromatic nitrogens is 2. The fraction of sp³-hybridized carbons (Fsp3) is 0.200. The normalized spacial score (nSPS) is 10.5. The summed E-state index contributed by atoms with van der Waals surface area (Å²) in [4.78, 5) is 3.98. The number of aryl methyl sites for hydroxylation is 2. The number of benzene rings is 1. The summed E-state index contributed by atoms with van der Waals surface area (Å²) >= 11 is 0. The SMILES string of the molecule is Cn1c(=NC(=N)N)n(C)c2ccccc21. The van der Waals surface area contributed by atoms with Gasteiger partial charge in [-0.2, -0.15) is 4.99 Å². The molecule has 78 valence electrons. The van der Waals surface area contributed by atoms with Gasteiger partial charge in [0.1, 0.15) is 0 Å². The van der Waals surface area contributed by atoms with Crippen LogP contribution in [-0.2, 0) is 14.1 Å². The molecule has 0 fully saturated rings. The van der Waals surface area contributed by atoms with Crippen molar-refractivity contribution < 1.29 is 0 Å². The minimum Gasteiger partial charge on any atom is -0.368 e. The number of imidazole rings is 1. The molecule has 0 saturated carbocycles. The van der Waals surface area contributed by atoms with E-state index < -0.39 is 0 Å². The lowest BCUT2D eigenvalue weighted by atomic mass is 10.3. The van der Waals surface area contributed by atoms with Crippen LogP contribution < -0.4 is 11.4 Å². The molecule has 0 atom stereocenters. The summed E-state index contributed by atoms with van der Waals surface area (Å²) < 4.78 is 3.83. The van der Waals surface area contributed by atoms with Crippen LogP contribution in [0.15, 0.2) is 29.3 Å². The molecule has 0 bridgehead atoms. The van der Waals surface area contributed by atoms with E-state index in [9.17, 15) is 0 Å². The summed E-state index contributed by atoms with van der Waals surface area (Å²) in [5.74, 6) is -0.184. The van der Waals surface area contributed by atoms with E-state index in [2.05, 4.69) is 4.99 Å². The number of fused-ring (bicyclic) bond motifs is 1. The van der Waals surface area contributed by atoms with E-state index in [1.165, 1.54) is 0 Å². The lowest BCUT2D eigenvalue weighted by molar-refractivity contribution is 0.766. The van der Waals surface area contributed by atoms with Crippen molar-refractivity contribution >= 4 is 17.0 Å². The van der Waals surface area contributed by atoms with E-state index in [1.807, 2.05) is 47.5 Å². The van der Waals surface area contributed by atoms with Crippen molar-refractivity contribution in [2.24, 2.45) is 24.8 Å². The van der Waals surface area contributed by atoms with Gasteiger partial charge in [0.05, 0.1) is 11.0 Å². The topological polar surface area (TPSA) is 72.1 Å². The Bertz CT molecular complexity index is 545. The van der Waals surface area contributed by atoms with Crippen LogP contribution in [0.1, 0.15) is 0 Å². The molecule has 1 aromatic carbocycles. The summed E-state index contributed by atoms with van der Waals surface area (Å²) in [7, 11) is 3.81. The van der Waals surface area contributed by atoms with Crippen molar-refractivity contribution in [2.45, 2.75) is 0 Å². The van der Waals surface area contributed by atoms with E-state index in [0.717, 1.165) is 11.0 Å². The molecule has 0 aliphatic heterocycles. The van der Waals surface area contributed by atoms with Gasteiger partial charge in [-0.25, -0.2) is 0 Å². The number of nitrogens with one attached hydrogen (secondary N) is 1. The maximum atomic E-state index is 7.18. The molecule has 5 heteroatoms. The zero-order valence-electron chi connectivity index (χ0n) is 8.73. The van der Waals surface area contributed by atoms with Crippen LogP contribution in [-0.4, -0.2) is 15.1 Å². The van der Waals surface area contributed by atoms with Gasteiger partial charge in [0.2, 0.25) is 11.6 Å². The largest absolute Gasteiger partial charge is 0.368 e. The van der Waals surface area contributed by atoms with E-state index in [4.69, 9.17) is 11.1 Å². The lowest BCUT2D eigenvalue weighted by Gasteiger charge is -1.93. The zero-order valence-corrected chi connectivity index (χ0v) is 8.73. The minimum atomic E-state index is -0.184. The predicted molar refractivity (Wildman–Crippen MR) is 59.4 cm³/mol. The molecule has 1 aromatic heterocycles. The predicted octanol–water partition coefficient (Wildman–Crippen LogP) is 0.311. The van der Waals surface area contributed by atoms with E-state index in [1.54, 1.807) is 0 Å². The molecule has 0 saturated heterocycles. The summed E-state index contributed by atoms with van der Waals surface area (Å²) in [5, 5.41) is 7.18. The molecule has 0 spiro atoms. The highest BCUT2D eigenvalue weighted by molar-refractivity contribution is 5.77. The first-order chi connectivity index (χ1) is 7.11. The molecule has 0 unspecified atom stereocenters. The summed E-state index contributed by atoms with van der Waals surface area (Å²) in [5.41, 5.74) is 8.08. The fourth-order valence-electron chi connectivity index (χ4n) is 1.73. The van der Waals surface area contributed by atoms with Crippen molar-refractivity contribution in [3.05, 3.63) is 29.9 Å². The smallest absolute Gasteiger partial charge is 0.215 e. The van der Waals surface area contributed by atoms with Crippen LogP contribution in [0.2, 0.25) is 0 Å². The Morgan fingerprint density at radius 1 is 1.20 bits per heavy atom. The number of nitrogens with two attached hydrogens (primary N) is 1. The first kappa shape index (κ1) is 9.51. The molecule has 0 radical (unpaired) electrons.